The Labute approximate surface area is 219 Å². The van der Waals surface area contributed by atoms with Crippen LogP contribution in [-0.2, 0) is 4.79 Å². The van der Waals surface area contributed by atoms with Gasteiger partial charge < -0.3 is 10.2 Å². The monoisotopic (exact) mass is 510 g/mol. The molecule has 0 radical (unpaired) electrons. The van der Waals surface area contributed by atoms with Gasteiger partial charge in [0.05, 0.1) is 29.7 Å². The van der Waals surface area contributed by atoms with Gasteiger partial charge in [-0.25, -0.2) is 9.37 Å². The van der Waals surface area contributed by atoms with E-state index in [0.29, 0.717) is 51.7 Å². The Kier molecular flexibility index (Phi) is 6.12. The van der Waals surface area contributed by atoms with Crippen LogP contribution in [0.5, 0.6) is 0 Å². The van der Waals surface area contributed by atoms with Crippen molar-refractivity contribution in [3.05, 3.63) is 60.2 Å². The molecule has 4 aromatic rings. The Balaban J connectivity index is 1.46. The second kappa shape index (κ2) is 9.74. The first kappa shape index (κ1) is 23.9. The molecule has 1 fully saturated rings. The van der Waals surface area contributed by atoms with Crippen molar-refractivity contribution in [2.24, 2.45) is 0 Å². The van der Waals surface area contributed by atoms with Crippen LogP contribution >= 0.6 is 0 Å². The molecule has 0 bridgehead atoms. The number of rotatable bonds is 5. The van der Waals surface area contributed by atoms with E-state index < -0.39 is 11.9 Å². The fourth-order valence-corrected chi connectivity index (χ4v) is 5.66. The molecule has 2 aliphatic rings. The highest BCUT2D eigenvalue weighted by Crippen LogP contribution is 2.43. The van der Waals surface area contributed by atoms with E-state index in [2.05, 4.69) is 31.5 Å². The number of carbonyl (C=O) groups is 1. The Morgan fingerprint density at radius 2 is 2.03 bits per heavy atom. The number of fused-ring (bicyclic) bond motifs is 2. The fourth-order valence-electron chi connectivity index (χ4n) is 5.66. The van der Waals surface area contributed by atoms with Crippen molar-refractivity contribution < 1.29 is 9.18 Å². The van der Waals surface area contributed by atoms with Crippen LogP contribution in [0.15, 0.2) is 48.8 Å². The number of hydrogen-bond acceptors (Lipinski definition) is 7. The van der Waals surface area contributed by atoms with Crippen molar-refractivity contribution in [3.8, 4) is 6.07 Å². The van der Waals surface area contributed by atoms with Gasteiger partial charge in [-0.1, -0.05) is 32.3 Å². The summed E-state index contributed by atoms with van der Waals surface area (Å²) < 4.78 is 14.6. The predicted octanol–water partition coefficient (Wildman–Crippen LogP) is 5.70. The molecule has 6 rings (SSSR count). The van der Waals surface area contributed by atoms with Crippen LogP contribution in [0.4, 0.5) is 33.2 Å². The number of nitrogens with zero attached hydrogens (tertiary/aromatic N) is 6. The van der Waals surface area contributed by atoms with Gasteiger partial charge in [-0.3, -0.25) is 14.8 Å². The maximum atomic E-state index is 14.6. The molecule has 2 aromatic carbocycles. The van der Waals surface area contributed by atoms with Gasteiger partial charge in [-0.2, -0.15) is 15.3 Å². The van der Waals surface area contributed by atoms with Gasteiger partial charge in [0.25, 0.3) is 5.91 Å². The minimum Gasteiger partial charge on any atom is -0.340 e. The van der Waals surface area contributed by atoms with Crippen molar-refractivity contribution in [2.75, 3.05) is 15.1 Å². The fraction of sp³-hybridized carbons (Fsp3) is 0.321. The van der Waals surface area contributed by atoms with Crippen LogP contribution in [0.3, 0.4) is 0 Å². The summed E-state index contributed by atoms with van der Waals surface area (Å²) in [6.45, 7) is 2.01. The van der Waals surface area contributed by atoms with Gasteiger partial charge in [0.2, 0.25) is 5.95 Å². The third-order valence-corrected chi connectivity index (χ3v) is 7.42. The number of nitriles is 1. The van der Waals surface area contributed by atoms with Crippen molar-refractivity contribution >= 4 is 45.6 Å². The molecule has 1 saturated carbocycles. The topological polar surface area (TPSA) is 114 Å². The van der Waals surface area contributed by atoms with Crippen molar-refractivity contribution in [1.29, 1.82) is 5.26 Å². The van der Waals surface area contributed by atoms with Crippen molar-refractivity contribution in [1.82, 2.24) is 20.2 Å². The van der Waals surface area contributed by atoms with Crippen molar-refractivity contribution in [3.63, 3.8) is 0 Å². The molecule has 1 aliphatic heterocycles. The summed E-state index contributed by atoms with van der Waals surface area (Å²) in [6.07, 6.45) is 9.18. The van der Waals surface area contributed by atoms with E-state index in [9.17, 15) is 14.4 Å². The lowest BCUT2D eigenvalue weighted by Crippen LogP contribution is -2.56. The normalized spacial score (nSPS) is 17.9. The summed E-state index contributed by atoms with van der Waals surface area (Å²) in [6, 6.07) is 12.1. The highest BCUT2D eigenvalue weighted by atomic mass is 19.1. The standard InChI is InChI=1S/C28H27FN8O/c1-2-23-27(38)37(21-10-6-7-17(11-21)14-30)24-16-31-28(34-26(24)36(23)20-8-4-3-5-9-20)33-19-12-18-15-32-35-25(18)22(29)13-19/h6-7,10-13,15-16,20,23H,2-5,8-9H2,1H3,(H,32,35)(H,31,33,34)/t23-/m1/s1. The Morgan fingerprint density at radius 1 is 1.18 bits per heavy atom. The zero-order valence-corrected chi connectivity index (χ0v) is 21.0. The molecule has 1 amide bonds. The van der Waals surface area contributed by atoms with E-state index in [4.69, 9.17) is 4.98 Å². The third kappa shape index (κ3) is 4.10. The summed E-state index contributed by atoms with van der Waals surface area (Å²) in [4.78, 5) is 27.2. The van der Waals surface area contributed by atoms with E-state index in [0.717, 1.165) is 25.7 Å². The second-order valence-corrected chi connectivity index (χ2v) is 9.78. The number of benzene rings is 2. The van der Waals surface area contributed by atoms with Crippen LogP contribution in [0, 0.1) is 17.1 Å². The van der Waals surface area contributed by atoms with Gasteiger partial charge in [-0.05, 0) is 49.6 Å². The number of nitrogens with one attached hydrogen (secondary N) is 2. The molecule has 2 aromatic heterocycles. The van der Waals surface area contributed by atoms with E-state index in [1.54, 1.807) is 41.6 Å². The van der Waals surface area contributed by atoms with E-state index in [1.165, 1.54) is 12.5 Å². The van der Waals surface area contributed by atoms with Crippen LogP contribution in [0.1, 0.15) is 51.0 Å². The van der Waals surface area contributed by atoms with Crippen molar-refractivity contribution in [2.45, 2.75) is 57.5 Å². The quantitative estimate of drug-likeness (QED) is 0.354. The number of H-pyrrole nitrogens is 1. The molecule has 0 unspecified atom stereocenters. The molecule has 2 N–H and O–H groups in total. The first-order valence-corrected chi connectivity index (χ1v) is 13.0. The van der Waals surface area contributed by atoms with E-state index >= 15 is 0 Å². The molecule has 9 nitrogen and oxygen atoms in total. The number of amides is 1. The smallest absolute Gasteiger partial charge is 0.254 e. The van der Waals surface area contributed by atoms with Gasteiger partial charge in [0.1, 0.15) is 17.2 Å². The molecule has 3 heterocycles. The van der Waals surface area contributed by atoms with Gasteiger partial charge >= 0.3 is 0 Å². The number of aromatic nitrogens is 4. The van der Waals surface area contributed by atoms with Gasteiger partial charge in [-0.15, -0.1) is 0 Å². The largest absolute Gasteiger partial charge is 0.340 e. The molecule has 1 atom stereocenters. The number of carbonyl (C=O) groups excluding carboxylic acids is 1. The predicted molar refractivity (Wildman–Crippen MR) is 143 cm³/mol. The minimum absolute atomic E-state index is 0.0579. The van der Waals surface area contributed by atoms with Gasteiger partial charge in [0.15, 0.2) is 11.6 Å². The lowest BCUT2D eigenvalue weighted by atomic mass is 9.91. The SMILES string of the molecule is CC[C@@H]1C(=O)N(c2cccc(C#N)c2)c2cnc(Nc3cc(F)c4[nH]ncc4c3)nc2N1C1CCCCC1. The van der Waals surface area contributed by atoms with Gasteiger partial charge in [0, 0.05) is 17.1 Å². The van der Waals surface area contributed by atoms with Crippen LogP contribution in [-0.4, -0.2) is 38.2 Å². The van der Waals surface area contributed by atoms with Crippen LogP contribution < -0.4 is 15.1 Å². The van der Waals surface area contributed by atoms with E-state index in [-0.39, 0.29) is 11.9 Å². The maximum absolute atomic E-state index is 14.6. The lowest BCUT2D eigenvalue weighted by Gasteiger charge is -2.46. The molecule has 0 spiro atoms. The lowest BCUT2D eigenvalue weighted by molar-refractivity contribution is -0.119. The molecular weight excluding hydrogens is 483 g/mol. The zero-order chi connectivity index (χ0) is 26.2. The number of halogens is 1. The summed E-state index contributed by atoms with van der Waals surface area (Å²) in [5.41, 5.74) is 2.48. The molecule has 192 valence electrons. The Morgan fingerprint density at radius 3 is 2.82 bits per heavy atom. The highest BCUT2D eigenvalue weighted by molar-refractivity contribution is 6.10. The number of aromatic amines is 1. The average molecular weight is 511 g/mol. The van der Waals surface area contributed by atoms with Crippen LogP contribution in [0.25, 0.3) is 10.9 Å². The second-order valence-electron chi connectivity index (χ2n) is 9.78. The Hall–Kier alpha value is -4.52. The minimum atomic E-state index is -0.426. The molecule has 38 heavy (non-hydrogen) atoms. The maximum Gasteiger partial charge on any atom is 0.254 e. The van der Waals surface area contributed by atoms with E-state index in [1.807, 2.05) is 13.0 Å². The molecule has 0 saturated heterocycles. The molecule has 10 heteroatoms. The van der Waals surface area contributed by atoms with Crippen LogP contribution in [0.2, 0.25) is 0 Å². The Bertz CT molecular complexity index is 1550. The summed E-state index contributed by atoms with van der Waals surface area (Å²) in [5, 5.41) is 19.8. The summed E-state index contributed by atoms with van der Waals surface area (Å²) >= 11 is 0. The third-order valence-electron chi connectivity index (χ3n) is 7.42. The number of anilines is 5. The first-order valence-electron chi connectivity index (χ1n) is 13.0. The zero-order valence-electron chi connectivity index (χ0n) is 21.0. The first-order chi connectivity index (χ1) is 18.6. The average Bonchev–Trinajstić information content (AvgIpc) is 3.42. The summed E-state index contributed by atoms with van der Waals surface area (Å²) in [7, 11) is 0. The highest BCUT2D eigenvalue weighted by Gasteiger charge is 2.42. The number of hydrogen-bond donors (Lipinski definition) is 2. The molecule has 1 aliphatic carbocycles. The summed E-state index contributed by atoms with van der Waals surface area (Å²) in [5.74, 6) is 0.483. The molecular formula is C28H27FN8O.